The molecule has 4 N–H and O–H groups in total. The molecule has 2 aliphatic heterocycles. The number of hydrogen-bond donors (Lipinski definition) is 4. The van der Waals surface area contributed by atoms with E-state index in [1.165, 1.54) is 17.4 Å². The lowest BCUT2D eigenvalue weighted by molar-refractivity contribution is -0.182. The number of methoxy groups -OCH3 is 1. The van der Waals surface area contributed by atoms with Gasteiger partial charge in [0.15, 0.2) is 18.0 Å². The van der Waals surface area contributed by atoms with E-state index in [0.717, 1.165) is 42.3 Å². The van der Waals surface area contributed by atoms with Crippen LogP contribution in [0, 0.1) is 6.92 Å². The highest BCUT2D eigenvalue weighted by atomic mass is 35.5. The van der Waals surface area contributed by atoms with Gasteiger partial charge < -0.3 is 29.9 Å². The summed E-state index contributed by atoms with van der Waals surface area (Å²) in [5.41, 5.74) is 2.37. The zero-order chi connectivity index (χ0) is 31.5. The van der Waals surface area contributed by atoms with Crippen LogP contribution in [0.1, 0.15) is 40.1 Å². The number of pyridine rings is 1. The summed E-state index contributed by atoms with van der Waals surface area (Å²) in [6.45, 7) is 4.06. The molecule has 0 amide bonds. The van der Waals surface area contributed by atoms with Crippen molar-refractivity contribution >= 4 is 34.9 Å². The Morgan fingerprint density at radius 3 is 2.44 bits per heavy atom. The van der Waals surface area contributed by atoms with E-state index in [-0.39, 0.29) is 5.56 Å². The number of rotatable bonds is 8. The third-order valence-electron chi connectivity index (χ3n) is 7.29. The van der Waals surface area contributed by atoms with Crippen LogP contribution < -0.4 is 0 Å². The van der Waals surface area contributed by atoms with Crippen molar-refractivity contribution in [2.45, 2.75) is 56.6 Å². The molecule has 1 fully saturated rings. The molecule has 3 aromatic rings. The lowest BCUT2D eigenvalue weighted by Crippen LogP contribution is -2.48. The molecule has 0 bridgehead atoms. The van der Waals surface area contributed by atoms with Crippen LogP contribution in [0.25, 0.3) is 5.82 Å². The van der Waals surface area contributed by atoms with Gasteiger partial charge in [0.05, 0.1) is 16.6 Å². The van der Waals surface area contributed by atoms with E-state index >= 15 is 0 Å². The van der Waals surface area contributed by atoms with Gasteiger partial charge in [-0.2, -0.15) is 13.9 Å². The van der Waals surface area contributed by atoms with Gasteiger partial charge in [-0.15, -0.1) is 11.3 Å². The Morgan fingerprint density at radius 1 is 1.19 bits per heavy atom. The number of aliphatic hydroxyl groups excluding tert-OH is 2. The van der Waals surface area contributed by atoms with E-state index in [1.54, 1.807) is 18.0 Å². The van der Waals surface area contributed by atoms with Crippen molar-refractivity contribution < 1.29 is 48.3 Å². The average Bonchev–Trinajstić information content (AvgIpc) is 3.55. The van der Waals surface area contributed by atoms with Crippen molar-refractivity contribution in [1.82, 2.24) is 19.7 Å². The first-order chi connectivity index (χ1) is 20.3. The number of carboxylic acid groups (broad SMARTS) is 2. The zero-order valence-electron chi connectivity index (χ0n) is 23.2. The molecule has 12 nitrogen and oxygen atoms in total. The van der Waals surface area contributed by atoms with Crippen molar-refractivity contribution in [3.05, 3.63) is 62.2 Å². The highest BCUT2D eigenvalue weighted by molar-refractivity contribution is 7.16. The van der Waals surface area contributed by atoms with Gasteiger partial charge in [0.25, 0.3) is 5.92 Å². The van der Waals surface area contributed by atoms with Gasteiger partial charge in [0, 0.05) is 60.7 Å². The Kier molecular flexibility index (Phi) is 10.2. The summed E-state index contributed by atoms with van der Waals surface area (Å²) in [6.07, 6.45) is 0.524. The number of thiophene rings is 1. The minimum atomic E-state index is -2.99. The topological polar surface area (TPSA) is 167 Å². The molecule has 1 saturated heterocycles. The molecule has 5 heterocycles. The van der Waals surface area contributed by atoms with Gasteiger partial charge in [-0.25, -0.2) is 19.3 Å². The fourth-order valence-electron chi connectivity index (χ4n) is 4.96. The van der Waals surface area contributed by atoms with Crippen molar-refractivity contribution in [3.63, 3.8) is 0 Å². The Bertz CT molecular complexity index is 1440. The van der Waals surface area contributed by atoms with Crippen LogP contribution in [0.4, 0.5) is 8.78 Å². The maximum atomic E-state index is 14.4. The van der Waals surface area contributed by atoms with Crippen molar-refractivity contribution in [2.24, 2.45) is 0 Å². The third kappa shape index (κ3) is 7.20. The molecule has 43 heavy (non-hydrogen) atoms. The highest BCUT2D eigenvalue weighted by Crippen LogP contribution is 2.52. The minimum Gasteiger partial charge on any atom is -0.479 e. The molecule has 3 aromatic heterocycles. The largest absolute Gasteiger partial charge is 0.479 e. The molecular formula is C27H31ClF2N4O8S. The first-order valence-corrected chi connectivity index (χ1v) is 14.3. The SMILES string of the molecule is COCc1cccnc1-n1cc(CN2CCC3(CC2)OCC(F)(F)c2cc(Cl)sc23)c(C)n1.O=C(O)C(O)C(O)C(=O)O. The number of hydrogen-bond acceptors (Lipinski definition) is 10. The number of piperidine rings is 1. The molecule has 2 aliphatic rings. The Morgan fingerprint density at radius 2 is 1.84 bits per heavy atom. The average molecular weight is 645 g/mol. The number of aryl methyl sites for hydroxylation is 1. The third-order valence-corrected chi connectivity index (χ3v) is 8.74. The molecule has 0 aliphatic carbocycles. The van der Waals surface area contributed by atoms with E-state index in [4.69, 9.17) is 41.5 Å². The molecular weight excluding hydrogens is 614 g/mol. The fourth-order valence-corrected chi connectivity index (χ4v) is 6.44. The van der Waals surface area contributed by atoms with Crippen LogP contribution in [-0.4, -0.2) is 91.0 Å². The molecule has 2 atom stereocenters. The summed E-state index contributed by atoms with van der Waals surface area (Å²) in [5.74, 6) is -5.77. The fraction of sp³-hybridized carbons (Fsp3) is 0.481. The minimum absolute atomic E-state index is 0.0385. The van der Waals surface area contributed by atoms with Gasteiger partial charge in [-0.3, -0.25) is 4.90 Å². The van der Waals surface area contributed by atoms with E-state index < -0.39 is 42.3 Å². The summed E-state index contributed by atoms with van der Waals surface area (Å²) in [6, 6.07) is 5.27. The van der Waals surface area contributed by atoms with Gasteiger partial charge in [-0.05, 0) is 31.9 Å². The standard InChI is InChI=1S/C23H25ClF2N4O2S.C4H6O6/c1-15-17(12-30(28-15)21-16(13-31-2)4-3-7-27-21)11-29-8-5-22(6-9-29)20-18(10-19(24)33-20)23(25,26)14-32-22;5-1(3(7)8)2(6)4(9)10/h3-4,7,10,12H,5-6,8-9,11,13-14H2,1-2H3;1-2,5-6H,(H,7,8)(H,9,10). The summed E-state index contributed by atoms with van der Waals surface area (Å²) < 4.78 is 42.0. The second kappa shape index (κ2) is 13.3. The summed E-state index contributed by atoms with van der Waals surface area (Å²) in [4.78, 5) is 26.9. The Labute approximate surface area is 254 Å². The lowest BCUT2D eigenvalue weighted by atomic mass is 9.84. The maximum absolute atomic E-state index is 14.4. The van der Waals surface area contributed by atoms with Gasteiger partial charge in [0.2, 0.25) is 0 Å². The first kappa shape index (κ1) is 32.9. The predicted octanol–water partition coefficient (Wildman–Crippen LogP) is 2.93. The number of fused-ring (bicyclic) bond motifs is 2. The number of ether oxygens (including phenoxy) is 2. The number of halogens is 3. The van der Waals surface area contributed by atoms with E-state index in [1.807, 2.05) is 25.3 Å². The molecule has 5 rings (SSSR count). The summed E-state index contributed by atoms with van der Waals surface area (Å²) in [7, 11) is 1.66. The second-order valence-electron chi connectivity index (χ2n) is 10.2. The molecule has 0 radical (unpaired) electrons. The highest BCUT2D eigenvalue weighted by Gasteiger charge is 2.51. The molecule has 1 spiro atoms. The van der Waals surface area contributed by atoms with Crippen molar-refractivity contribution in [2.75, 3.05) is 26.8 Å². The van der Waals surface area contributed by atoms with Crippen LogP contribution in [-0.2, 0) is 43.7 Å². The van der Waals surface area contributed by atoms with E-state index in [2.05, 4.69) is 15.0 Å². The number of aliphatic carboxylic acids is 2. The van der Waals surface area contributed by atoms with Crippen LogP contribution in [0.2, 0.25) is 4.34 Å². The number of carboxylic acids is 2. The molecule has 0 saturated carbocycles. The molecule has 2 unspecified atom stereocenters. The van der Waals surface area contributed by atoms with Crippen LogP contribution >= 0.6 is 22.9 Å². The van der Waals surface area contributed by atoms with Crippen LogP contribution in [0.5, 0.6) is 0 Å². The predicted molar refractivity (Wildman–Crippen MR) is 149 cm³/mol. The summed E-state index contributed by atoms with van der Waals surface area (Å²) in [5, 5.41) is 37.2. The summed E-state index contributed by atoms with van der Waals surface area (Å²) >= 11 is 7.34. The number of aromatic nitrogens is 3. The maximum Gasteiger partial charge on any atom is 0.335 e. The monoisotopic (exact) mass is 644 g/mol. The quantitative estimate of drug-likeness (QED) is 0.285. The number of alkyl halides is 2. The van der Waals surface area contributed by atoms with Crippen molar-refractivity contribution in [1.29, 1.82) is 0 Å². The number of carbonyl (C=O) groups is 2. The number of likely N-dealkylation sites (tertiary alicyclic amines) is 1. The van der Waals surface area contributed by atoms with Gasteiger partial charge in [-0.1, -0.05) is 17.7 Å². The molecule has 16 heteroatoms. The second-order valence-corrected chi connectivity index (χ2v) is 11.9. The smallest absolute Gasteiger partial charge is 0.335 e. The molecule has 0 aromatic carbocycles. The van der Waals surface area contributed by atoms with Crippen LogP contribution in [0.15, 0.2) is 30.6 Å². The first-order valence-electron chi connectivity index (χ1n) is 13.1. The number of nitrogens with zero attached hydrogens (tertiary/aromatic N) is 4. The van der Waals surface area contributed by atoms with Crippen molar-refractivity contribution in [3.8, 4) is 5.82 Å². The Hall–Kier alpha value is -3.05. The normalized spacial score (nSPS) is 18.8. The van der Waals surface area contributed by atoms with Crippen LogP contribution in [0.3, 0.4) is 0 Å². The van der Waals surface area contributed by atoms with E-state index in [0.29, 0.717) is 28.7 Å². The zero-order valence-corrected chi connectivity index (χ0v) is 24.8. The van der Waals surface area contributed by atoms with Gasteiger partial charge in [0.1, 0.15) is 12.2 Å². The number of aliphatic hydroxyl groups is 2. The van der Waals surface area contributed by atoms with E-state index in [9.17, 15) is 18.4 Å². The molecule has 234 valence electrons. The van der Waals surface area contributed by atoms with Gasteiger partial charge >= 0.3 is 11.9 Å². The Balaban J connectivity index is 0.000000365. The lowest BCUT2D eigenvalue weighted by Gasteiger charge is -2.45.